The Hall–Kier alpha value is -2.11. The average molecular weight is 202 g/mol. The fourth-order valence-corrected chi connectivity index (χ4v) is 1.23. The van der Waals surface area contributed by atoms with Crippen molar-refractivity contribution in [3.05, 3.63) is 30.5 Å². The smallest absolute Gasteiger partial charge is 0.175 e. The van der Waals surface area contributed by atoms with E-state index in [4.69, 9.17) is 0 Å². The highest BCUT2D eigenvalue weighted by molar-refractivity contribution is 5.45. The maximum absolute atomic E-state index is 4.39. The molecular weight excluding hydrogens is 192 g/mol. The predicted molar refractivity (Wildman–Crippen MR) is 54.2 cm³/mol. The van der Waals surface area contributed by atoms with Crippen LogP contribution in [0.25, 0.3) is 11.9 Å². The lowest BCUT2D eigenvalue weighted by atomic mass is 10.2. The third-order valence-corrected chi connectivity index (χ3v) is 1.98. The molecule has 0 unspecified atom stereocenters. The molecule has 0 atom stereocenters. The molecule has 0 amide bonds. The number of tetrazole rings is 1. The summed E-state index contributed by atoms with van der Waals surface area (Å²) in [6, 6.07) is 0. The van der Waals surface area contributed by atoms with Gasteiger partial charge in [0.05, 0.1) is 17.6 Å². The molecule has 76 valence electrons. The highest BCUT2D eigenvalue weighted by Gasteiger charge is 2.05. The Morgan fingerprint density at radius 3 is 3.00 bits per heavy atom. The molecule has 6 nitrogen and oxygen atoms in total. The molecule has 0 radical (unpaired) electrons. The fourth-order valence-electron chi connectivity index (χ4n) is 1.23. The molecule has 0 aromatic carbocycles. The van der Waals surface area contributed by atoms with Gasteiger partial charge in [-0.3, -0.25) is 4.98 Å². The second-order valence-electron chi connectivity index (χ2n) is 2.87. The van der Waals surface area contributed by atoms with Gasteiger partial charge in [-0.15, -0.1) is 5.10 Å². The molecule has 0 fully saturated rings. The molecule has 0 aliphatic heterocycles. The average Bonchev–Trinajstić information content (AvgIpc) is 2.81. The van der Waals surface area contributed by atoms with Crippen molar-refractivity contribution in [2.24, 2.45) is 0 Å². The zero-order chi connectivity index (χ0) is 10.7. The van der Waals surface area contributed by atoms with Crippen molar-refractivity contribution in [1.29, 1.82) is 0 Å². The first kappa shape index (κ1) is 9.45. The first-order valence-corrected chi connectivity index (χ1v) is 4.57. The Balaban J connectivity index is 2.48. The standard InChI is InChI=1S/C9H10N6/c1-3-7-8(4-2)12-9(5-10-7)15-6-11-13-14-15/h3,5-6H,1,4H2,2H3. The SMILES string of the molecule is C=Cc1ncc(-n2cnnn2)nc1CC. The summed E-state index contributed by atoms with van der Waals surface area (Å²) in [4.78, 5) is 8.62. The molecule has 0 N–H and O–H groups in total. The van der Waals surface area contributed by atoms with Crippen molar-refractivity contribution in [3.8, 4) is 5.82 Å². The van der Waals surface area contributed by atoms with Gasteiger partial charge in [0.25, 0.3) is 0 Å². The van der Waals surface area contributed by atoms with E-state index in [1.807, 2.05) is 6.92 Å². The van der Waals surface area contributed by atoms with Crippen LogP contribution in [-0.2, 0) is 6.42 Å². The van der Waals surface area contributed by atoms with Gasteiger partial charge in [0.15, 0.2) is 5.82 Å². The topological polar surface area (TPSA) is 69.4 Å². The molecule has 6 heteroatoms. The summed E-state index contributed by atoms with van der Waals surface area (Å²) in [5.74, 6) is 0.613. The monoisotopic (exact) mass is 202 g/mol. The quantitative estimate of drug-likeness (QED) is 0.731. The number of aryl methyl sites for hydroxylation is 1. The van der Waals surface area contributed by atoms with E-state index in [9.17, 15) is 0 Å². The fraction of sp³-hybridized carbons (Fsp3) is 0.222. The molecule has 2 rings (SSSR count). The van der Waals surface area contributed by atoms with E-state index in [2.05, 4.69) is 32.1 Å². The summed E-state index contributed by atoms with van der Waals surface area (Å²) in [5, 5.41) is 10.8. The number of rotatable bonds is 3. The van der Waals surface area contributed by atoms with Gasteiger partial charge in [0, 0.05) is 0 Å². The van der Waals surface area contributed by atoms with Crippen LogP contribution in [0, 0.1) is 0 Å². The molecule has 0 aliphatic rings. The molecule has 0 saturated carbocycles. The van der Waals surface area contributed by atoms with E-state index in [0.29, 0.717) is 5.82 Å². The zero-order valence-corrected chi connectivity index (χ0v) is 8.33. The van der Waals surface area contributed by atoms with E-state index in [1.165, 1.54) is 11.0 Å². The molecule has 2 aromatic rings. The van der Waals surface area contributed by atoms with Gasteiger partial charge in [-0.2, -0.15) is 4.68 Å². The van der Waals surface area contributed by atoms with Gasteiger partial charge in [-0.25, -0.2) is 4.98 Å². The van der Waals surface area contributed by atoms with Crippen LogP contribution in [0.1, 0.15) is 18.3 Å². The van der Waals surface area contributed by atoms with Crippen molar-refractivity contribution in [3.63, 3.8) is 0 Å². The van der Waals surface area contributed by atoms with Crippen molar-refractivity contribution < 1.29 is 0 Å². The van der Waals surface area contributed by atoms with Crippen LogP contribution in [0.2, 0.25) is 0 Å². The third kappa shape index (κ3) is 1.74. The molecule has 0 spiro atoms. The summed E-state index contributed by atoms with van der Waals surface area (Å²) in [6.07, 6.45) is 5.59. The van der Waals surface area contributed by atoms with Gasteiger partial charge in [-0.1, -0.05) is 13.5 Å². The molecular formula is C9H10N6. The number of hydrogen-bond acceptors (Lipinski definition) is 5. The van der Waals surface area contributed by atoms with Crippen LogP contribution >= 0.6 is 0 Å². The van der Waals surface area contributed by atoms with Gasteiger partial charge in [0.1, 0.15) is 6.33 Å². The molecule has 0 bridgehead atoms. The Kier molecular flexibility index (Phi) is 2.49. The lowest BCUT2D eigenvalue weighted by Gasteiger charge is -2.03. The molecule has 2 aromatic heterocycles. The van der Waals surface area contributed by atoms with Gasteiger partial charge in [-0.05, 0) is 22.9 Å². The summed E-state index contributed by atoms with van der Waals surface area (Å²) < 4.78 is 1.47. The summed E-state index contributed by atoms with van der Waals surface area (Å²) in [7, 11) is 0. The van der Waals surface area contributed by atoms with Gasteiger partial charge < -0.3 is 0 Å². The molecule has 2 heterocycles. The third-order valence-electron chi connectivity index (χ3n) is 1.98. The van der Waals surface area contributed by atoms with Gasteiger partial charge in [0.2, 0.25) is 0 Å². The van der Waals surface area contributed by atoms with Crippen molar-refractivity contribution >= 4 is 6.08 Å². The van der Waals surface area contributed by atoms with E-state index in [0.717, 1.165) is 17.8 Å². The van der Waals surface area contributed by atoms with Crippen molar-refractivity contribution in [2.75, 3.05) is 0 Å². The minimum absolute atomic E-state index is 0.613. The van der Waals surface area contributed by atoms with E-state index < -0.39 is 0 Å². The van der Waals surface area contributed by atoms with Crippen LogP contribution in [0.3, 0.4) is 0 Å². The van der Waals surface area contributed by atoms with Crippen LogP contribution < -0.4 is 0 Å². The Morgan fingerprint density at radius 2 is 2.40 bits per heavy atom. The number of aromatic nitrogens is 6. The number of hydrogen-bond donors (Lipinski definition) is 0. The van der Waals surface area contributed by atoms with Crippen LogP contribution in [0.4, 0.5) is 0 Å². The summed E-state index contributed by atoms with van der Waals surface area (Å²) in [5.41, 5.74) is 1.69. The van der Waals surface area contributed by atoms with Gasteiger partial charge >= 0.3 is 0 Å². The first-order valence-electron chi connectivity index (χ1n) is 4.57. The first-order chi connectivity index (χ1) is 7.35. The normalized spacial score (nSPS) is 10.2. The van der Waals surface area contributed by atoms with E-state index in [1.54, 1.807) is 12.3 Å². The van der Waals surface area contributed by atoms with Crippen LogP contribution in [0.5, 0.6) is 0 Å². The highest BCUT2D eigenvalue weighted by Crippen LogP contribution is 2.08. The molecule has 0 aliphatic carbocycles. The Morgan fingerprint density at radius 1 is 1.53 bits per heavy atom. The predicted octanol–water partition coefficient (Wildman–Crippen LogP) is 0.658. The second kappa shape index (κ2) is 3.95. The Bertz CT molecular complexity index is 461. The largest absolute Gasteiger partial charge is 0.251 e. The second-order valence-corrected chi connectivity index (χ2v) is 2.87. The zero-order valence-electron chi connectivity index (χ0n) is 8.33. The highest BCUT2D eigenvalue weighted by atomic mass is 15.5. The number of nitrogens with zero attached hydrogens (tertiary/aromatic N) is 6. The van der Waals surface area contributed by atoms with Crippen molar-refractivity contribution in [1.82, 2.24) is 30.2 Å². The van der Waals surface area contributed by atoms with Crippen LogP contribution in [0.15, 0.2) is 19.1 Å². The summed E-state index contributed by atoms with van der Waals surface area (Å²) >= 11 is 0. The van der Waals surface area contributed by atoms with Crippen molar-refractivity contribution in [2.45, 2.75) is 13.3 Å². The van der Waals surface area contributed by atoms with E-state index >= 15 is 0 Å². The Labute approximate surface area is 86.7 Å². The minimum atomic E-state index is 0.613. The molecule has 15 heavy (non-hydrogen) atoms. The maximum Gasteiger partial charge on any atom is 0.175 e. The van der Waals surface area contributed by atoms with E-state index in [-0.39, 0.29) is 0 Å². The summed E-state index contributed by atoms with van der Waals surface area (Å²) in [6.45, 7) is 5.70. The molecule has 0 saturated heterocycles. The van der Waals surface area contributed by atoms with Crippen LogP contribution in [-0.4, -0.2) is 30.2 Å². The lowest BCUT2D eigenvalue weighted by molar-refractivity contribution is 0.758. The minimum Gasteiger partial charge on any atom is -0.251 e. The maximum atomic E-state index is 4.39. The lowest BCUT2D eigenvalue weighted by Crippen LogP contribution is -2.04.